The summed E-state index contributed by atoms with van der Waals surface area (Å²) in [6.45, 7) is 0. The van der Waals surface area contributed by atoms with Crippen LogP contribution in [0.3, 0.4) is 0 Å². The van der Waals surface area contributed by atoms with E-state index in [0.29, 0.717) is 11.1 Å². The van der Waals surface area contributed by atoms with Crippen LogP contribution in [0.15, 0.2) is 36.4 Å². The van der Waals surface area contributed by atoms with Crippen LogP contribution in [0.4, 0.5) is 97.9 Å². The lowest BCUT2D eigenvalue weighted by molar-refractivity contribution is -0.785. The molecule has 1 N–H and O–H groups in total. The molecular weight excluding hydrogens is 856 g/mol. The first kappa shape index (κ1) is 42.7. The van der Waals surface area contributed by atoms with Gasteiger partial charge in [-0.1, -0.05) is 24.3 Å². The topological polar surface area (TPSA) is 4.44 Å². The van der Waals surface area contributed by atoms with Crippen molar-refractivity contribution < 1.29 is 98.5 Å². The molecular formula is C36H13BF21N. The summed E-state index contributed by atoms with van der Waals surface area (Å²) < 4.78 is 316. The Bertz CT molecular complexity index is 2380. The van der Waals surface area contributed by atoms with Crippen molar-refractivity contribution in [2.24, 2.45) is 0 Å². The van der Waals surface area contributed by atoms with Gasteiger partial charge in [-0.05, 0) is 17.5 Å². The minimum atomic E-state index is -7.22. The monoisotopic (exact) mass is 870 g/mol. The van der Waals surface area contributed by atoms with Crippen molar-refractivity contribution in [2.75, 3.05) is 14.1 Å². The van der Waals surface area contributed by atoms with Gasteiger partial charge in [0.15, 0.2) is 69.8 Å². The molecule has 59 heavy (non-hydrogen) atoms. The highest BCUT2D eigenvalue weighted by atomic mass is 19.2. The molecule has 0 heterocycles. The predicted octanol–water partition coefficient (Wildman–Crippen LogP) is 7.60. The molecule has 0 spiro atoms. The Morgan fingerprint density at radius 2 is 0.559 bits per heavy atom. The molecule has 6 aromatic rings. The number of hydrogen-bond acceptors (Lipinski definition) is 0. The van der Waals surface area contributed by atoms with Gasteiger partial charge in [0.05, 0.1) is 19.5 Å². The van der Waals surface area contributed by atoms with Gasteiger partial charge in [0, 0.05) is 0 Å². The minimum absolute atomic E-state index is 0.127. The Balaban J connectivity index is 0.000000379. The Morgan fingerprint density at radius 3 is 0.797 bits per heavy atom. The van der Waals surface area contributed by atoms with Gasteiger partial charge in [-0.2, -0.15) is 0 Å². The van der Waals surface area contributed by atoms with Gasteiger partial charge in [0.25, 0.3) is 0 Å². The van der Waals surface area contributed by atoms with Gasteiger partial charge in [-0.25, -0.2) is 92.2 Å². The van der Waals surface area contributed by atoms with Gasteiger partial charge < -0.3 is 4.89 Å². The van der Waals surface area contributed by atoms with Crippen LogP contribution in [0.1, 0.15) is 0 Å². The molecule has 0 saturated carbocycles. The fraction of sp³-hybridized carbons (Fsp3) is 0.0556. The fourth-order valence-corrected chi connectivity index (χ4v) is 6.52. The zero-order valence-electron chi connectivity index (χ0n) is 29.4. The Kier molecular flexibility index (Phi) is 11.4. The highest BCUT2D eigenvalue weighted by Crippen LogP contribution is 2.31. The molecule has 0 saturated heterocycles. The normalized spacial score (nSPS) is 12.2. The van der Waals surface area contributed by atoms with Crippen molar-refractivity contribution in [3.05, 3.63) is 159 Å². The molecule has 0 fully saturated rings. The van der Waals surface area contributed by atoms with Crippen LogP contribution in [-0.4, -0.2) is 20.2 Å². The van der Waals surface area contributed by atoms with E-state index >= 15 is 35.1 Å². The van der Waals surface area contributed by atoms with Gasteiger partial charge in [-0.15, -0.1) is 21.9 Å². The first-order chi connectivity index (χ1) is 27.7. The number of fused-ring (bicyclic) bond motifs is 1. The number of nitrogens with one attached hydrogen (secondary N) is 1. The maximum absolute atomic E-state index is 15.4. The summed E-state index contributed by atoms with van der Waals surface area (Å²) in [7, 11) is 3.42. The smallest absolute Gasteiger partial charge is 0.307 e. The lowest BCUT2D eigenvalue weighted by Gasteiger charge is -2.44. The lowest BCUT2D eigenvalue weighted by atomic mass is 9.12. The third kappa shape index (κ3) is 6.49. The van der Waals surface area contributed by atoms with Crippen molar-refractivity contribution >= 4 is 44.5 Å². The zero-order valence-corrected chi connectivity index (χ0v) is 28.4. The van der Waals surface area contributed by atoms with E-state index in [1.165, 1.54) is 6.07 Å². The van der Waals surface area contributed by atoms with Gasteiger partial charge in [0.2, 0.25) is 0 Å². The van der Waals surface area contributed by atoms with E-state index in [4.69, 9.17) is 1.41 Å². The van der Waals surface area contributed by atoms with Crippen molar-refractivity contribution in [1.82, 2.24) is 0 Å². The van der Waals surface area contributed by atoms with E-state index in [1.807, 2.05) is 18.2 Å². The molecule has 0 atom stereocenters. The van der Waals surface area contributed by atoms with E-state index in [0.717, 1.165) is 5.39 Å². The molecule has 0 radical (unpaired) electrons. The van der Waals surface area contributed by atoms with Gasteiger partial charge >= 0.3 is 1.41 Å². The summed E-state index contributed by atoms with van der Waals surface area (Å²) in [6, 6.07) is 10.5. The van der Waals surface area contributed by atoms with Crippen LogP contribution < -0.4 is 26.7 Å². The summed E-state index contributed by atoms with van der Waals surface area (Å²) in [4.78, 5) is -0.127. The maximum Gasteiger partial charge on any atom is 0.353 e. The van der Waals surface area contributed by atoms with E-state index in [2.05, 4.69) is 0 Å². The van der Waals surface area contributed by atoms with Crippen LogP contribution in [0, 0.1) is 122 Å². The molecule has 6 aromatic carbocycles. The third-order valence-electron chi connectivity index (χ3n) is 9.02. The van der Waals surface area contributed by atoms with Crippen LogP contribution in [0.25, 0.3) is 10.8 Å². The van der Waals surface area contributed by atoms with Crippen molar-refractivity contribution in [1.29, 1.82) is 0 Å². The summed E-state index contributed by atoms with van der Waals surface area (Å²) in [6.07, 6.45) is -7.22. The van der Waals surface area contributed by atoms with E-state index in [9.17, 15) is 57.1 Å². The molecule has 23 heteroatoms. The van der Waals surface area contributed by atoms with Gasteiger partial charge in [-0.3, -0.25) is 0 Å². The van der Waals surface area contributed by atoms with Crippen LogP contribution in [0.2, 0.25) is 1.41 Å². The Labute approximate surface area is 315 Å². The zero-order chi connectivity index (χ0) is 45.4. The van der Waals surface area contributed by atoms with Crippen molar-refractivity contribution in [2.45, 2.75) is 0 Å². The summed E-state index contributed by atoms with van der Waals surface area (Å²) in [5, 5.41) is 1.38. The molecule has 0 aliphatic heterocycles. The second-order valence-corrected chi connectivity index (χ2v) is 12.3. The Hall–Kier alpha value is -5.87. The average Bonchev–Trinajstić information content (AvgIpc) is 3.20. The fourth-order valence-electron chi connectivity index (χ4n) is 6.52. The second kappa shape index (κ2) is 15.7. The molecule has 0 aliphatic rings. The number of quaternary nitrogens is 1. The van der Waals surface area contributed by atoms with Crippen LogP contribution in [-0.2, 0) is 0 Å². The molecule has 0 aliphatic carbocycles. The van der Waals surface area contributed by atoms with Gasteiger partial charge in [0.1, 0.15) is 64.2 Å². The highest BCUT2D eigenvalue weighted by Gasteiger charge is 2.52. The predicted molar refractivity (Wildman–Crippen MR) is 166 cm³/mol. The molecule has 312 valence electrons. The number of halogens is 21. The summed E-state index contributed by atoms with van der Waals surface area (Å²) >= 11 is 0. The second-order valence-electron chi connectivity index (χ2n) is 12.3. The molecule has 6 rings (SSSR count). The minimum Gasteiger partial charge on any atom is -0.307 e. The molecule has 1 nitrogen and oxygen atoms in total. The summed E-state index contributed by atoms with van der Waals surface area (Å²) in [5.74, 6) is -71.7. The molecule has 0 amide bonds. The highest BCUT2D eigenvalue weighted by molar-refractivity contribution is 7.20. The maximum atomic E-state index is 15.4. The van der Waals surface area contributed by atoms with Crippen LogP contribution >= 0.6 is 0 Å². The SMILES string of the molecule is Fc1c(F)c(F)c([B-](c2c(F)c(F)c(F)c(F)c2F)(c2c(F)c(F)c(F)c(F)c2F)c2c(F)c(F)c(F)c(F)c2F)c(F)c1F.[2H][N+](C)(C)c1cccc2cccc(F)c12. The van der Waals surface area contributed by atoms with Crippen molar-refractivity contribution in [3.63, 3.8) is 0 Å². The third-order valence-corrected chi connectivity index (χ3v) is 9.02. The average molecular weight is 870 g/mol. The molecule has 0 aromatic heterocycles. The Morgan fingerprint density at radius 1 is 0.339 bits per heavy atom. The number of hydrogen-bond donors (Lipinski definition) is 1. The van der Waals surface area contributed by atoms with E-state index in [1.54, 1.807) is 26.2 Å². The number of rotatable bonds is 5. The van der Waals surface area contributed by atoms with Crippen molar-refractivity contribution in [3.8, 4) is 0 Å². The van der Waals surface area contributed by atoms with E-state index < -0.39 is 144 Å². The number of benzene rings is 6. The summed E-state index contributed by atoms with van der Waals surface area (Å²) in [5.41, 5.74) is -13.7. The first-order valence-corrected chi connectivity index (χ1v) is 15.5. The molecule has 0 bridgehead atoms. The first-order valence-electron chi connectivity index (χ1n) is 15.9. The standard InChI is InChI=1S/C24BF20.C12H12FN/c26-5-1(6(27)14(35)21(42)13(5)34)25(2-7(28)15(36)22(43)16(37)8(2)29,3-9(30)17(38)23(44)18(39)10(3)31)4-11(32)19(40)24(45)20(41)12(4)33;1-14(2)11-8-4-6-9-5-3-7-10(13)12(9)11/h;3-8H,1-2H3/q-1;/p+1/i/hD. The van der Waals surface area contributed by atoms with Crippen LogP contribution in [0.5, 0.6) is 0 Å². The largest absolute Gasteiger partial charge is 0.353 e. The van der Waals surface area contributed by atoms with E-state index in [-0.39, 0.29) is 10.7 Å². The lowest BCUT2D eigenvalue weighted by Crippen LogP contribution is -3.00. The molecule has 0 unspecified atom stereocenters. The quantitative estimate of drug-likeness (QED) is 0.0789.